The molecule has 0 bridgehead atoms. The second-order valence-electron chi connectivity index (χ2n) is 5.98. The van der Waals surface area contributed by atoms with Gasteiger partial charge in [-0.25, -0.2) is 0 Å². The van der Waals surface area contributed by atoms with Crippen molar-refractivity contribution in [2.45, 2.75) is 25.3 Å². The van der Waals surface area contributed by atoms with E-state index in [4.69, 9.17) is 9.47 Å². The molecule has 3 rings (SSSR count). The highest BCUT2D eigenvalue weighted by molar-refractivity contribution is 5.99. The van der Waals surface area contributed by atoms with Crippen molar-refractivity contribution >= 4 is 11.8 Å². The monoisotopic (exact) mass is 303 g/mol. The van der Waals surface area contributed by atoms with E-state index in [1.54, 1.807) is 7.11 Å². The molecule has 1 saturated heterocycles. The van der Waals surface area contributed by atoms with Gasteiger partial charge in [0.1, 0.15) is 17.5 Å². The molecule has 1 aliphatic heterocycles. The number of likely N-dealkylation sites (tertiary alicyclic amines) is 1. The zero-order chi connectivity index (χ0) is 15.7. The lowest BCUT2D eigenvalue weighted by Crippen LogP contribution is -2.49. The van der Waals surface area contributed by atoms with Crippen LogP contribution < -0.4 is 4.74 Å². The molecule has 5 nitrogen and oxygen atoms in total. The number of Topliss-reactive ketones (excluding diaryl/α,β-unsaturated/α-hetero) is 1. The van der Waals surface area contributed by atoms with Gasteiger partial charge < -0.3 is 9.47 Å². The molecule has 1 aromatic carbocycles. The van der Waals surface area contributed by atoms with Gasteiger partial charge in [0.2, 0.25) is 0 Å². The van der Waals surface area contributed by atoms with Gasteiger partial charge in [-0.15, -0.1) is 0 Å². The first-order valence-corrected chi connectivity index (χ1v) is 7.62. The Labute approximate surface area is 130 Å². The molecule has 1 heterocycles. The summed E-state index contributed by atoms with van der Waals surface area (Å²) in [5.74, 6) is -0.162. The van der Waals surface area contributed by atoms with E-state index in [0.717, 1.165) is 25.1 Å². The van der Waals surface area contributed by atoms with Crippen LogP contribution in [0.5, 0.6) is 5.75 Å². The molecule has 22 heavy (non-hydrogen) atoms. The average molecular weight is 303 g/mol. The third-order valence-corrected chi connectivity index (χ3v) is 4.78. The van der Waals surface area contributed by atoms with Crippen molar-refractivity contribution in [1.82, 2.24) is 4.90 Å². The van der Waals surface area contributed by atoms with E-state index in [9.17, 15) is 9.59 Å². The maximum absolute atomic E-state index is 11.9. The molecule has 1 aromatic rings. The van der Waals surface area contributed by atoms with E-state index in [0.29, 0.717) is 19.0 Å². The summed E-state index contributed by atoms with van der Waals surface area (Å²) in [6.45, 7) is 1.20. The van der Waals surface area contributed by atoms with E-state index in [-0.39, 0.29) is 5.78 Å². The minimum absolute atomic E-state index is 0.000260. The van der Waals surface area contributed by atoms with Crippen LogP contribution >= 0.6 is 0 Å². The highest BCUT2D eigenvalue weighted by Gasteiger charge is 2.37. The van der Waals surface area contributed by atoms with Gasteiger partial charge in [-0.2, -0.15) is 0 Å². The van der Waals surface area contributed by atoms with Crippen molar-refractivity contribution in [2.24, 2.45) is 5.92 Å². The second-order valence-corrected chi connectivity index (χ2v) is 5.98. The van der Waals surface area contributed by atoms with Crippen molar-refractivity contribution in [2.75, 3.05) is 27.3 Å². The van der Waals surface area contributed by atoms with E-state index in [1.807, 2.05) is 6.07 Å². The van der Waals surface area contributed by atoms with Gasteiger partial charge >= 0.3 is 5.97 Å². The molecule has 0 N–H and O–H groups in total. The van der Waals surface area contributed by atoms with Gasteiger partial charge in [-0.1, -0.05) is 6.07 Å². The summed E-state index contributed by atoms with van der Waals surface area (Å²) in [5, 5.41) is 0. The highest BCUT2D eigenvalue weighted by Crippen LogP contribution is 2.30. The van der Waals surface area contributed by atoms with Crippen molar-refractivity contribution in [3.05, 3.63) is 29.3 Å². The summed E-state index contributed by atoms with van der Waals surface area (Å²) in [5.41, 5.74) is 2.63. The van der Waals surface area contributed by atoms with Crippen LogP contribution in [0.25, 0.3) is 0 Å². The summed E-state index contributed by atoms with van der Waals surface area (Å²) in [4.78, 5) is 25.9. The Hall–Kier alpha value is -1.88. The molecule has 0 aromatic heterocycles. The molecule has 0 spiro atoms. The number of ether oxygens (including phenoxy) is 2. The standard InChI is InChI=1S/C17H21NO4/c1-21-14-4-3-11-7-13(8-12(11)9-14)18-6-5-16(19)15(10-18)17(20)22-2/h3-4,9,13,15H,5-8,10H2,1-2H3. The fourth-order valence-corrected chi connectivity index (χ4v) is 3.49. The number of piperidine rings is 1. The SMILES string of the molecule is COC(=O)C1CN(C2Cc3ccc(OC)cc3C2)CCC1=O. The third-order valence-electron chi connectivity index (χ3n) is 4.78. The van der Waals surface area contributed by atoms with Crippen LogP contribution in [-0.2, 0) is 27.2 Å². The number of ketones is 1. The number of hydrogen-bond acceptors (Lipinski definition) is 5. The first-order chi connectivity index (χ1) is 10.6. The predicted molar refractivity (Wildman–Crippen MR) is 80.9 cm³/mol. The Bertz CT molecular complexity index is 590. The quantitative estimate of drug-likeness (QED) is 0.621. The molecule has 1 aliphatic carbocycles. The minimum Gasteiger partial charge on any atom is -0.497 e. The van der Waals surface area contributed by atoms with Crippen molar-refractivity contribution in [3.63, 3.8) is 0 Å². The van der Waals surface area contributed by atoms with Crippen LogP contribution in [0.2, 0.25) is 0 Å². The summed E-state index contributed by atoms with van der Waals surface area (Å²) in [7, 11) is 3.01. The van der Waals surface area contributed by atoms with Gasteiger partial charge in [0.15, 0.2) is 0 Å². The molecule has 0 amide bonds. The van der Waals surface area contributed by atoms with Crippen LogP contribution in [0.4, 0.5) is 0 Å². The Kier molecular flexibility index (Phi) is 4.16. The predicted octanol–water partition coefficient (Wildman–Crippen LogP) is 1.23. The lowest BCUT2D eigenvalue weighted by Gasteiger charge is -2.34. The topological polar surface area (TPSA) is 55.8 Å². The smallest absolute Gasteiger partial charge is 0.317 e. The highest BCUT2D eigenvalue weighted by atomic mass is 16.5. The molecule has 2 atom stereocenters. The Morgan fingerprint density at radius 2 is 2.00 bits per heavy atom. The van der Waals surface area contributed by atoms with Gasteiger partial charge in [0, 0.05) is 25.6 Å². The number of esters is 1. The number of hydrogen-bond donors (Lipinski definition) is 0. The van der Waals surface area contributed by atoms with Crippen LogP contribution in [-0.4, -0.2) is 50.0 Å². The summed E-state index contributed by atoms with van der Waals surface area (Å²) in [6.07, 6.45) is 2.33. The first kappa shape index (κ1) is 15.0. The van der Waals surface area contributed by atoms with E-state index in [2.05, 4.69) is 17.0 Å². The third kappa shape index (κ3) is 2.73. The van der Waals surface area contributed by atoms with Gasteiger partial charge in [0.05, 0.1) is 14.2 Å². The molecule has 118 valence electrons. The molecule has 0 saturated carbocycles. The number of benzene rings is 1. The molecule has 2 aliphatic rings. The molecular formula is C17H21NO4. The van der Waals surface area contributed by atoms with Crippen LogP contribution in [0, 0.1) is 5.92 Å². The molecule has 0 radical (unpaired) electrons. The largest absolute Gasteiger partial charge is 0.497 e. The van der Waals surface area contributed by atoms with Crippen LogP contribution in [0.1, 0.15) is 17.5 Å². The van der Waals surface area contributed by atoms with E-state index >= 15 is 0 Å². The van der Waals surface area contributed by atoms with Crippen molar-refractivity contribution in [3.8, 4) is 5.75 Å². The number of rotatable bonds is 3. The zero-order valence-electron chi connectivity index (χ0n) is 13.0. The summed E-state index contributed by atoms with van der Waals surface area (Å²) >= 11 is 0. The fourth-order valence-electron chi connectivity index (χ4n) is 3.49. The fraction of sp³-hybridized carbons (Fsp3) is 0.529. The van der Waals surface area contributed by atoms with Gasteiger partial charge in [0.25, 0.3) is 0 Å². The summed E-state index contributed by atoms with van der Waals surface area (Å²) < 4.78 is 10.0. The average Bonchev–Trinajstić information content (AvgIpc) is 2.97. The lowest BCUT2D eigenvalue weighted by molar-refractivity contribution is -0.152. The number of fused-ring (bicyclic) bond motifs is 1. The Morgan fingerprint density at radius 1 is 1.23 bits per heavy atom. The Morgan fingerprint density at radius 3 is 2.73 bits per heavy atom. The molecule has 5 heteroatoms. The molecule has 1 fully saturated rings. The molecule has 2 unspecified atom stereocenters. The van der Waals surface area contributed by atoms with Gasteiger partial charge in [-0.05, 0) is 36.1 Å². The first-order valence-electron chi connectivity index (χ1n) is 7.62. The van der Waals surface area contributed by atoms with E-state index < -0.39 is 11.9 Å². The maximum atomic E-state index is 11.9. The number of methoxy groups -OCH3 is 2. The summed E-state index contributed by atoms with van der Waals surface area (Å²) in [6, 6.07) is 6.53. The van der Waals surface area contributed by atoms with Gasteiger partial charge in [-0.3, -0.25) is 14.5 Å². The Balaban J connectivity index is 1.71. The second kappa shape index (κ2) is 6.08. The number of carbonyl (C=O) groups is 2. The zero-order valence-corrected chi connectivity index (χ0v) is 13.0. The normalized spacial score (nSPS) is 24.9. The van der Waals surface area contributed by atoms with Crippen molar-refractivity contribution in [1.29, 1.82) is 0 Å². The maximum Gasteiger partial charge on any atom is 0.317 e. The number of carbonyl (C=O) groups excluding carboxylic acids is 2. The van der Waals surface area contributed by atoms with Crippen LogP contribution in [0.3, 0.4) is 0 Å². The number of nitrogens with zero attached hydrogens (tertiary/aromatic N) is 1. The minimum atomic E-state index is -0.628. The van der Waals surface area contributed by atoms with Crippen molar-refractivity contribution < 1.29 is 19.1 Å². The lowest BCUT2D eigenvalue weighted by atomic mass is 9.94. The molecular weight excluding hydrogens is 282 g/mol. The van der Waals surface area contributed by atoms with E-state index in [1.165, 1.54) is 18.2 Å². The van der Waals surface area contributed by atoms with Crippen LogP contribution in [0.15, 0.2) is 18.2 Å².